The van der Waals surface area contributed by atoms with Crippen molar-refractivity contribution >= 4 is 23.1 Å². The Bertz CT molecular complexity index is 1220. The van der Waals surface area contributed by atoms with Gasteiger partial charge in [-0.2, -0.15) is 0 Å². The maximum Gasteiger partial charge on any atom is 0.295 e. The second kappa shape index (κ2) is 9.96. The number of nitrogens with zero attached hydrogens (tertiary/aromatic N) is 3. The number of hydrogen-bond acceptors (Lipinski definition) is 9. The highest BCUT2D eigenvalue weighted by molar-refractivity contribution is 6.46. The standard InChI is InChI=1S/C25H25N3O8/c29-23(17-4-7-19-20(14-17)36-15-35-19)21-22(16-2-5-18(6-3-16)28(32)33)27(25(31)24(21)30)9-1-8-26-10-12-34-13-11-26/h2-7,14,22,29H,1,8-13,15H2. The molecule has 1 amide bonds. The Labute approximate surface area is 206 Å². The summed E-state index contributed by atoms with van der Waals surface area (Å²) in [5.74, 6) is -0.930. The Kier molecular flexibility index (Phi) is 6.57. The zero-order valence-electron chi connectivity index (χ0n) is 19.4. The van der Waals surface area contributed by atoms with Gasteiger partial charge in [-0.1, -0.05) is 0 Å². The highest BCUT2D eigenvalue weighted by Gasteiger charge is 2.46. The van der Waals surface area contributed by atoms with Crippen molar-refractivity contribution in [1.82, 2.24) is 9.80 Å². The zero-order valence-corrected chi connectivity index (χ0v) is 19.4. The summed E-state index contributed by atoms with van der Waals surface area (Å²) >= 11 is 0. The summed E-state index contributed by atoms with van der Waals surface area (Å²) in [7, 11) is 0. The quantitative estimate of drug-likeness (QED) is 0.202. The fraction of sp³-hybridized carbons (Fsp3) is 0.360. The largest absolute Gasteiger partial charge is 0.507 e. The molecule has 11 nitrogen and oxygen atoms in total. The first-order valence-corrected chi connectivity index (χ1v) is 11.7. The molecule has 2 aromatic rings. The van der Waals surface area contributed by atoms with Gasteiger partial charge in [-0.3, -0.25) is 24.6 Å². The van der Waals surface area contributed by atoms with Crippen LogP contribution in [0.1, 0.15) is 23.6 Å². The number of rotatable bonds is 7. The zero-order chi connectivity index (χ0) is 25.2. The van der Waals surface area contributed by atoms with Gasteiger partial charge in [0.25, 0.3) is 17.4 Å². The average Bonchev–Trinajstić information content (AvgIpc) is 3.47. The molecule has 0 saturated carbocycles. The number of amides is 1. The molecule has 2 aromatic carbocycles. The van der Waals surface area contributed by atoms with Crippen LogP contribution in [-0.4, -0.2) is 77.7 Å². The number of ether oxygens (including phenoxy) is 3. The van der Waals surface area contributed by atoms with Crippen molar-refractivity contribution in [2.24, 2.45) is 0 Å². The lowest BCUT2D eigenvalue weighted by Crippen LogP contribution is -2.38. The van der Waals surface area contributed by atoms with Crippen LogP contribution in [0.5, 0.6) is 11.5 Å². The summed E-state index contributed by atoms with van der Waals surface area (Å²) in [5.41, 5.74) is 0.615. The number of benzene rings is 2. The Morgan fingerprint density at radius 3 is 2.47 bits per heavy atom. The lowest BCUT2D eigenvalue weighted by atomic mass is 9.95. The number of nitro groups is 1. The van der Waals surface area contributed by atoms with Crippen LogP contribution >= 0.6 is 0 Å². The fourth-order valence-electron chi connectivity index (χ4n) is 4.72. The van der Waals surface area contributed by atoms with Crippen LogP contribution in [0.25, 0.3) is 5.76 Å². The van der Waals surface area contributed by atoms with Gasteiger partial charge in [0.05, 0.1) is 29.8 Å². The van der Waals surface area contributed by atoms with Crippen LogP contribution < -0.4 is 9.47 Å². The van der Waals surface area contributed by atoms with Gasteiger partial charge in [-0.25, -0.2) is 0 Å². The number of ketones is 1. The number of aliphatic hydroxyl groups excluding tert-OH is 1. The monoisotopic (exact) mass is 495 g/mol. The van der Waals surface area contributed by atoms with Gasteiger partial charge in [0.15, 0.2) is 11.5 Å². The number of carbonyl (C=O) groups excluding carboxylic acids is 2. The van der Waals surface area contributed by atoms with E-state index in [0.29, 0.717) is 42.3 Å². The molecule has 3 heterocycles. The van der Waals surface area contributed by atoms with Gasteiger partial charge in [0.1, 0.15) is 5.76 Å². The first-order valence-electron chi connectivity index (χ1n) is 11.7. The lowest BCUT2D eigenvalue weighted by molar-refractivity contribution is -0.384. The van der Waals surface area contributed by atoms with Crippen LogP contribution in [-0.2, 0) is 14.3 Å². The summed E-state index contributed by atoms with van der Waals surface area (Å²) in [6.07, 6.45) is 0.612. The fourth-order valence-corrected chi connectivity index (χ4v) is 4.72. The molecule has 3 aliphatic heterocycles. The highest BCUT2D eigenvalue weighted by atomic mass is 16.7. The Hall–Kier alpha value is -3.96. The van der Waals surface area contributed by atoms with Crippen molar-refractivity contribution < 1.29 is 33.8 Å². The van der Waals surface area contributed by atoms with Crippen molar-refractivity contribution in [1.29, 1.82) is 0 Å². The number of Topliss-reactive ketones (excluding diaryl/α,β-unsaturated/α-hetero) is 1. The molecule has 11 heteroatoms. The molecule has 0 radical (unpaired) electrons. The van der Waals surface area contributed by atoms with Crippen molar-refractivity contribution in [2.75, 3.05) is 46.2 Å². The molecule has 2 saturated heterocycles. The smallest absolute Gasteiger partial charge is 0.295 e. The van der Waals surface area contributed by atoms with Crippen LogP contribution in [0.15, 0.2) is 48.0 Å². The molecule has 0 bridgehead atoms. The van der Waals surface area contributed by atoms with E-state index >= 15 is 0 Å². The van der Waals surface area contributed by atoms with E-state index in [-0.39, 0.29) is 30.4 Å². The number of carbonyl (C=O) groups is 2. The number of nitro benzene ring substituents is 1. The molecule has 5 rings (SSSR count). The number of fused-ring (bicyclic) bond motifs is 1. The predicted octanol–water partition coefficient (Wildman–Crippen LogP) is 2.47. The lowest BCUT2D eigenvalue weighted by Gasteiger charge is -2.29. The van der Waals surface area contributed by atoms with E-state index in [0.717, 1.165) is 19.6 Å². The number of aliphatic hydroxyl groups is 1. The minimum absolute atomic E-state index is 0.0515. The highest BCUT2D eigenvalue weighted by Crippen LogP contribution is 2.41. The molecule has 2 fully saturated rings. The molecular weight excluding hydrogens is 470 g/mol. The van der Waals surface area contributed by atoms with Gasteiger partial charge in [-0.15, -0.1) is 0 Å². The van der Waals surface area contributed by atoms with Gasteiger partial charge >= 0.3 is 0 Å². The van der Waals surface area contributed by atoms with E-state index in [4.69, 9.17) is 14.2 Å². The van der Waals surface area contributed by atoms with Crippen LogP contribution in [0.3, 0.4) is 0 Å². The molecule has 1 atom stereocenters. The first kappa shape index (κ1) is 23.8. The minimum atomic E-state index is -0.888. The van der Waals surface area contributed by atoms with Gasteiger partial charge < -0.3 is 24.2 Å². The number of hydrogen-bond donors (Lipinski definition) is 1. The van der Waals surface area contributed by atoms with Crippen molar-refractivity contribution in [2.45, 2.75) is 12.5 Å². The normalized spacial score (nSPS) is 21.2. The molecule has 0 spiro atoms. The summed E-state index contributed by atoms with van der Waals surface area (Å²) in [4.78, 5) is 40.6. The van der Waals surface area contributed by atoms with Crippen LogP contribution in [0, 0.1) is 10.1 Å². The topological polar surface area (TPSA) is 132 Å². The molecule has 0 aromatic heterocycles. The average molecular weight is 495 g/mol. The molecular formula is C25H25N3O8. The van der Waals surface area contributed by atoms with Gasteiger partial charge in [-0.05, 0) is 42.3 Å². The number of likely N-dealkylation sites (tertiary alicyclic amines) is 1. The SMILES string of the molecule is O=C1C(=O)N(CCCN2CCOCC2)C(c2ccc([N+](=O)[O-])cc2)C1=C(O)c1ccc2c(c1)OCO2. The van der Waals surface area contributed by atoms with E-state index in [1.165, 1.54) is 29.2 Å². The summed E-state index contributed by atoms with van der Waals surface area (Å²) < 4.78 is 16.1. The van der Waals surface area contributed by atoms with Crippen molar-refractivity contribution in [3.05, 3.63) is 69.3 Å². The second-order valence-electron chi connectivity index (χ2n) is 8.72. The number of morpholine rings is 1. The second-order valence-corrected chi connectivity index (χ2v) is 8.72. The third kappa shape index (κ3) is 4.50. The molecule has 188 valence electrons. The molecule has 3 aliphatic rings. The Morgan fingerprint density at radius 2 is 1.75 bits per heavy atom. The Balaban J connectivity index is 1.49. The maximum atomic E-state index is 13.2. The summed E-state index contributed by atoms with van der Waals surface area (Å²) in [5, 5.41) is 22.4. The first-order chi connectivity index (χ1) is 17.4. The molecule has 36 heavy (non-hydrogen) atoms. The summed E-state index contributed by atoms with van der Waals surface area (Å²) in [6, 6.07) is 9.54. The van der Waals surface area contributed by atoms with Gasteiger partial charge in [0, 0.05) is 43.9 Å². The van der Waals surface area contributed by atoms with Crippen molar-refractivity contribution in [3.63, 3.8) is 0 Å². The van der Waals surface area contributed by atoms with E-state index in [2.05, 4.69) is 4.90 Å². The maximum absolute atomic E-state index is 13.2. The third-order valence-electron chi connectivity index (χ3n) is 6.58. The van der Waals surface area contributed by atoms with E-state index in [1.807, 2.05) is 0 Å². The molecule has 1 unspecified atom stereocenters. The van der Waals surface area contributed by atoms with Crippen molar-refractivity contribution in [3.8, 4) is 11.5 Å². The molecule has 1 N–H and O–H groups in total. The summed E-state index contributed by atoms with van der Waals surface area (Å²) in [6.45, 7) is 3.97. The van der Waals surface area contributed by atoms with Crippen LogP contribution in [0.4, 0.5) is 5.69 Å². The predicted molar refractivity (Wildman–Crippen MR) is 127 cm³/mol. The van der Waals surface area contributed by atoms with Crippen LogP contribution in [0.2, 0.25) is 0 Å². The molecule has 0 aliphatic carbocycles. The van der Waals surface area contributed by atoms with Gasteiger partial charge in [0.2, 0.25) is 6.79 Å². The Morgan fingerprint density at radius 1 is 1.03 bits per heavy atom. The van der Waals surface area contributed by atoms with E-state index in [1.54, 1.807) is 18.2 Å². The number of non-ortho nitro benzene ring substituents is 1. The van der Waals surface area contributed by atoms with E-state index < -0.39 is 22.7 Å². The minimum Gasteiger partial charge on any atom is -0.507 e. The van der Waals surface area contributed by atoms with E-state index in [9.17, 15) is 24.8 Å². The third-order valence-corrected chi connectivity index (χ3v) is 6.58.